The molecule has 0 saturated carbocycles. The number of nitrogens with zero attached hydrogens (tertiary/aromatic N) is 1. The van der Waals surface area contributed by atoms with Gasteiger partial charge >= 0.3 is 0 Å². The van der Waals surface area contributed by atoms with Gasteiger partial charge in [0.2, 0.25) is 5.91 Å². The molecule has 1 aromatic heterocycles. The largest absolute Gasteiger partial charge is 0.354 e. The van der Waals surface area contributed by atoms with Crippen LogP contribution < -0.4 is 5.32 Å². The Morgan fingerprint density at radius 3 is 2.47 bits per heavy atom. The predicted molar refractivity (Wildman–Crippen MR) is 125 cm³/mol. The Hall–Kier alpha value is -3.50. The number of carbonyl (C=O) groups is 1. The molecule has 0 unspecified atom stereocenters. The summed E-state index contributed by atoms with van der Waals surface area (Å²) >= 11 is 1.80. The number of benzene rings is 4. The van der Waals surface area contributed by atoms with Gasteiger partial charge in [0.15, 0.2) is 0 Å². The molecule has 1 N–H and O–H groups in total. The monoisotopic (exact) mass is 406 g/mol. The van der Waals surface area contributed by atoms with Crippen LogP contribution >= 0.6 is 11.8 Å². The average molecular weight is 407 g/mol. The minimum Gasteiger partial charge on any atom is -0.354 e. The lowest BCUT2D eigenvalue weighted by Crippen LogP contribution is -2.04. The van der Waals surface area contributed by atoms with Gasteiger partial charge in [0.1, 0.15) is 0 Å². The Morgan fingerprint density at radius 2 is 1.57 bits per heavy atom. The lowest BCUT2D eigenvalue weighted by Gasteiger charge is -2.23. The maximum atomic E-state index is 12.3. The minimum absolute atomic E-state index is 0.0300. The second-order valence-electron chi connectivity index (χ2n) is 7.51. The molecule has 144 valence electrons. The highest BCUT2D eigenvalue weighted by molar-refractivity contribution is 8.00. The van der Waals surface area contributed by atoms with Crippen LogP contribution in [-0.4, -0.2) is 10.5 Å². The number of nitrogens with one attached hydrogen (secondary N) is 1. The molecule has 3 nitrogen and oxygen atoms in total. The van der Waals surface area contributed by atoms with Gasteiger partial charge in [0.25, 0.3) is 0 Å². The Kier molecular flexibility index (Phi) is 3.77. The number of hydrogen-bond acceptors (Lipinski definition) is 3. The van der Waals surface area contributed by atoms with E-state index < -0.39 is 0 Å². The Balaban J connectivity index is 1.58. The maximum Gasteiger partial charge on any atom is 0.228 e. The summed E-state index contributed by atoms with van der Waals surface area (Å²) in [5, 5.41) is 5.77. The molecule has 4 heteroatoms. The highest BCUT2D eigenvalue weighted by Gasteiger charge is 2.20. The molecule has 1 aliphatic heterocycles. The summed E-state index contributed by atoms with van der Waals surface area (Å²) in [7, 11) is 0. The van der Waals surface area contributed by atoms with Crippen molar-refractivity contribution in [1.29, 1.82) is 0 Å². The van der Waals surface area contributed by atoms with Gasteiger partial charge in [-0.3, -0.25) is 9.36 Å². The first-order chi connectivity index (χ1) is 14.7. The molecule has 0 aliphatic carbocycles. The first kappa shape index (κ1) is 17.4. The summed E-state index contributed by atoms with van der Waals surface area (Å²) in [6.45, 7) is 1.62. The van der Waals surface area contributed by atoms with Gasteiger partial charge in [-0.05, 0) is 47.5 Å². The summed E-state index contributed by atoms with van der Waals surface area (Å²) in [4.78, 5) is 14.8. The normalized spacial score (nSPS) is 12.4. The van der Waals surface area contributed by atoms with E-state index >= 15 is 0 Å². The van der Waals surface area contributed by atoms with E-state index in [9.17, 15) is 4.79 Å². The molecule has 0 saturated heterocycles. The molecule has 4 aromatic carbocycles. The second-order valence-corrected chi connectivity index (χ2v) is 8.56. The van der Waals surface area contributed by atoms with Gasteiger partial charge in [-0.25, -0.2) is 0 Å². The summed E-state index contributed by atoms with van der Waals surface area (Å²) < 4.78 is 1.81. The maximum absolute atomic E-state index is 12.3. The van der Waals surface area contributed by atoms with Gasteiger partial charge in [0, 0.05) is 27.5 Å². The summed E-state index contributed by atoms with van der Waals surface area (Å²) in [6.07, 6.45) is 0. The van der Waals surface area contributed by atoms with Crippen molar-refractivity contribution in [3.8, 4) is 11.1 Å². The molecule has 2 heterocycles. The van der Waals surface area contributed by atoms with E-state index in [2.05, 4.69) is 72.0 Å². The smallest absolute Gasteiger partial charge is 0.228 e. The van der Waals surface area contributed by atoms with Crippen LogP contribution in [0.5, 0.6) is 0 Å². The molecule has 0 spiro atoms. The zero-order valence-electron chi connectivity index (χ0n) is 16.3. The van der Waals surface area contributed by atoms with Crippen LogP contribution in [-0.2, 0) is 0 Å². The first-order valence-electron chi connectivity index (χ1n) is 9.92. The molecule has 5 aromatic rings. The molecule has 6 rings (SSSR count). The van der Waals surface area contributed by atoms with E-state index in [-0.39, 0.29) is 5.91 Å². The van der Waals surface area contributed by atoms with Crippen LogP contribution in [0.2, 0.25) is 0 Å². The van der Waals surface area contributed by atoms with Gasteiger partial charge in [0.05, 0.1) is 22.4 Å². The fourth-order valence-corrected chi connectivity index (χ4v) is 5.49. The molecule has 1 aliphatic rings. The van der Waals surface area contributed by atoms with E-state index in [1.807, 2.05) is 22.8 Å². The van der Waals surface area contributed by atoms with Crippen LogP contribution in [0.3, 0.4) is 0 Å². The van der Waals surface area contributed by atoms with Gasteiger partial charge in [-0.2, -0.15) is 0 Å². The van der Waals surface area contributed by atoms with Crippen molar-refractivity contribution in [2.24, 2.45) is 0 Å². The van der Waals surface area contributed by atoms with Crippen molar-refractivity contribution in [3.05, 3.63) is 84.9 Å². The second kappa shape index (κ2) is 6.51. The van der Waals surface area contributed by atoms with Crippen molar-refractivity contribution >= 4 is 50.8 Å². The van der Waals surface area contributed by atoms with Crippen molar-refractivity contribution in [2.45, 2.75) is 16.7 Å². The van der Waals surface area contributed by atoms with Gasteiger partial charge in [-0.1, -0.05) is 60.3 Å². The first-order valence-corrected chi connectivity index (χ1v) is 10.7. The summed E-state index contributed by atoms with van der Waals surface area (Å²) in [6, 6.07) is 29.3. The molecular formula is C26H18N2OS. The number of aromatic nitrogens is 1. The summed E-state index contributed by atoms with van der Waals surface area (Å²) in [5.74, 6) is 0.0300. The molecule has 0 bridgehead atoms. The highest BCUT2D eigenvalue weighted by atomic mass is 32.2. The van der Waals surface area contributed by atoms with E-state index in [0.717, 1.165) is 38.7 Å². The molecule has 0 atom stereocenters. The van der Waals surface area contributed by atoms with Crippen LogP contribution in [0.15, 0.2) is 94.7 Å². The number of carbonyl (C=O) groups excluding carboxylic acids is 1. The zero-order chi connectivity index (χ0) is 20.2. The fourth-order valence-electron chi connectivity index (χ4n) is 4.37. The molecule has 0 radical (unpaired) electrons. The van der Waals surface area contributed by atoms with Crippen LogP contribution in [0, 0.1) is 0 Å². The number of anilines is 2. The van der Waals surface area contributed by atoms with Crippen LogP contribution in [0.4, 0.5) is 11.4 Å². The Labute approximate surface area is 178 Å². The van der Waals surface area contributed by atoms with Crippen molar-refractivity contribution in [1.82, 2.24) is 4.57 Å². The third-order valence-electron chi connectivity index (χ3n) is 5.68. The van der Waals surface area contributed by atoms with Gasteiger partial charge < -0.3 is 5.32 Å². The zero-order valence-corrected chi connectivity index (χ0v) is 17.2. The Morgan fingerprint density at radius 1 is 0.800 bits per heavy atom. The lowest BCUT2D eigenvalue weighted by atomic mass is 10.0. The van der Waals surface area contributed by atoms with Gasteiger partial charge in [-0.15, -0.1) is 0 Å². The molecule has 0 amide bonds. The van der Waals surface area contributed by atoms with E-state index in [1.54, 1.807) is 18.7 Å². The van der Waals surface area contributed by atoms with Crippen LogP contribution in [0.25, 0.3) is 32.9 Å². The standard InChI is InChI=1S/C26H18N2OS/c1-16(29)28-23-11-4-2-7-19(23)20-15-17(13-14-24(20)28)18-8-6-10-22-26(18)30-25-12-5-3-9-21(25)27-22/h2-15,27H,1H3. The van der Waals surface area contributed by atoms with E-state index in [1.165, 1.54) is 15.4 Å². The number of fused-ring (bicyclic) bond motifs is 5. The SMILES string of the molecule is CC(=O)n1c2ccccc2c2cc(-c3cccc4c3Sc3ccccc3N4)ccc21. The fraction of sp³-hybridized carbons (Fsp3) is 0.0385. The van der Waals surface area contributed by atoms with E-state index in [4.69, 9.17) is 0 Å². The average Bonchev–Trinajstić information content (AvgIpc) is 3.11. The number of hydrogen-bond donors (Lipinski definition) is 1. The van der Waals surface area contributed by atoms with Crippen molar-refractivity contribution in [2.75, 3.05) is 5.32 Å². The highest BCUT2D eigenvalue weighted by Crippen LogP contribution is 2.48. The van der Waals surface area contributed by atoms with E-state index in [0.29, 0.717) is 0 Å². The van der Waals surface area contributed by atoms with Crippen molar-refractivity contribution in [3.63, 3.8) is 0 Å². The molecule has 30 heavy (non-hydrogen) atoms. The Bertz CT molecular complexity index is 1480. The number of rotatable bonds is 1. The predicted octanol–water partition coefficient (Wildman–Crippen LogP) is 7.33. The van der Waals surface area contributed by atoms with Crippen LogP contribution in [0.1, 0.15) is 11.7 Å². The lowest BCUT2D eigenvalue weighted by molar-refractivity contribution is 0.0946. The quantitative estimate of drug-likeness (QED) is 0.310. The minimum atomic E-state index is 0.0300. The summed E-state index contributed by atoms with van der Waals surface area (Å²) in [5.41, 5.74) is 6.53. The third-order valence-corrected chi connectivity index (χ3v) is 6.90. The third kappa shape index (κ3) is 2.50. The van der Waals surface area contributed by atoms with Crippen molar-refractivity contribution < 1.29 is 4.79 Å². The molecule has 0 fully saturated rings. The topological polar surface area (TPSA) is 34.0 Å². The number of para-hydroxylation sites is 2. The molecular weight excluding hydrogens is 388 g/mol.